The summed E-state index contributed by atoms with van der Waals surface area (Å²) >= 11 is 0. The number of anilines is 2. The molecular weight excluding hydrogens is 250 g/mol. The molecule has 1 aliphatic rings. The summed E-state index contributed by atoms with van der Waals surface area (Å²) in [7, 11) is 4.05. The number of nitrogens with one attached hydrogen (secondary N) is 1. The van der Waals surface area contributed by atoms with Crippen LogP contribution in [0.1, 0.15) is 11.1 Å². The smallest absolute Gasteiger partial charge is 0.230 e. The summed E-state index contributed by atoms with van der Waals surface area (Å²) in [5.41, 5.74) is 5.55. The van der Waals surface area contributed by atoms with E-state index in [2.05, 4.69) is 46.4 Å². The maximum absolute atomic E-state index is 11.4. The summed E-state index contributed by atoms with van der Waals surface area (Å²) in [5, 5.41) is 2.76. The Kier molecular flexibility index (Phi) is 2.93. The molecule has 0 aliphatic carbocycles. The third kappa shape index (κ3) is 2.13. The molecule has 0 unspecified atom stereocenters. The second kappa shape index (κ2) is 4.63. The van der Waals surface area contributed by atoms with Crippen LogP contribution in [0.2, 0.25) is 0 Å². The summed E-state index contributed by atoms with van der Waals surface area (Å²) in [6.45, 7) is 2.09. The van der Waals surface area contributed by atoms with Gasteiger partial charge in [0.15, 0.2) is 0 Å². The van der Waals surface area contributed by atoms with E-state index in [-0.39, 0.29) is 5.91 Å². The molecule has 2 aromatic rings. The summed E-state index contributed by atoms with van der Waals surface area (Å²) < 4.78 is 0. The molecule has 0 fully saturated rings. The number of aromatic nitrogens is 1. The highest BCUT2D eigenvalue weighted by molar-refractivity contribution is 5.98. The fraction of sp³-hybridized carbons (Fsp3) is 0.250. The topological polar surface area (TPSA) is 45.2 Å². The predicted octanol–water partition coefficient (Wildman–Crippen LogP) is 2.62. The zero-order valence-electron chi connectivity index (χ0n) is 11.9. The summed E-state index contributed by atoms with van der Waals surface area (Å²) in [5.74, 6) is 0.712. The van der Waals surface area contributed by atoms with Crippen molar-refractivity contribution in [3.05, 3.63) is 41.6 Å². The van der Waals surface area contributed by atoms with E-state index in [4.69, 9.17) is 0 Å². The number of amides is 1. The van der Waals surface area contributed by atoms with Crippen LogP contribution in [-0.4, -0.2) is 25.0 Å². The van der Waals surface area contributed by atoms with Crippen molar-refractivity contribution in [3.63, 3.8) is 0 Å². The third-order valence-corrected chi connectivity index (χ3v) is 3.62. The van der Waals surface area contributed by atoms with E-state index in [9.17, 15) is 4.79 Å². The van der Waals surface area contributed by atoms with E-state index in [1.807, 2.05) is 20.3 Å². The lowest BCUT2D eigenvalue weighted by molar-refractivity contribution is -0.115. The molecule has 3 rings (SSSR count). The number of benzene rings is 1. The van der Waals surface area contributed by atoms with Gasteiger partial charge in [0, 0.05) is 37.1 Å². The van der Waals surface area contributed by atoms with Crippen molar-refractivity contribution < 1.29 is 4.79 Å². The van der Waals surface area contributed by atoms with Gasteiger partial charge >= 0.3 is 0 Å². The Morgan fingerprint density at radius 2 is 2.05 bits per heavy atom. The summed E-state index contributed by atoms with van der Waals surface area (Å²) in [6.07, 6.45) is 2.24. The number of fused-ring (bicyclic) bond motifs is 1. The van der Waals surface area contributed by atoms with Gasteiger partial charge in [0.05, 0.1) is 6.42 Å². The molecule has 0 atom stereocenters. The van der Waals surface area contributed by atoms with Gasteiger partial charge in [-0.2, -0.15) is 0 Å². The van der Waals surface area contributed by atoms with Gasteiger partial charge in [-0.15, -0.1) is 0 Å². The van der Waals surface area contributed by atoms with Crippen LogP contribution < -0.4 is 10.2 Å². The van der Waals surface area contributed by atoms with Crippen molar-refractivity contribution in [2.24, 2.45) is 0 Å². The molecule has 1 amide bonds. The van der Waals surface area contributed by atoms with Crippen molar-refractivity contribution in [3.8, 4) is 11.1 Å². The second-order valence-electron chi connectivity index (χ2n) is 5.35. The largest absolute Gasteiger partial charge is 0.378 e. The normalized spacial score (nSPS) is 13.1. The molecular formula is C16H17N3O. The molecule has 4 heteroatoms. The minimum absolute atomic E-state index is 0.0171. The molecule has 2 heterocycles. The molecule has 102 valence electrons. The number of hydrogen-bond donors (Lipinski definition) is 1. The van der Waals surface area contributed by atoms with Crippen LogP contribution in [-0.2, 0) is 11.2 Å². The number of carbonyl (C=O) groups is 1. The lowest BCUT2D eigenvalue weighted by Crippen LogP contribution is -2.08. The maximum atomic E-state index is 11.4. The minimum Gasteiger partial charge on any atom is -0.378 e. The maximum Gasteiger partial charge on any atom is 0.230 e. The molecule has 0 saturated carbocycles. The molecule has 20 heavy (non-hydrogen) atoms. The highest BCUT2D eigenvalue weighted by atomic mass is 16.1. The molecule has 1 aliphatic heterocycles. The fourth-order valence-electron chi connectivity index (χ4n) is 2.45. The van der Waals surface area contributed by atoms with E-state index in [0.717, 1.165) is 22.4 Å². The Morgan fingerprint density at radius 3 is 2.80 bits per heavy atom. The molecule has 0 radical (unpaired) electrons. The molecule has 4 nitrogen and oxygen atoms in total. The number of hydrogen-bond acceptors (Lipinski definition) is 3. The van der Waals surface area contributed by atoms with E-state index >= 15 is 0 Å². The predicted molar refractivity (Wildman–Crippen MR) is 81.1 cm³/mol. The monoisotopic (exact) mass is 267 g/mol. The Labute approximate surface area is 118 Å². The van der Waals surface area contributed by atoms with Crippen molar-refractivity contribution in [2.45, 2.75) is 13.3 Å². The highest BCUT2D eigenvalue weighted by Gasteiger charge is 2.19. The Bertz CT molecular complexity index is 692. The van der Waals surface area contributed by atoms with Crippen LogP contribution in [0.4, 0.5) is 11.5 Å². The van der Waals surface area contributed by atoms with Crippen LogP contribution >= 0.6 is 0 Å². The van der Waals surface area contributed by atoms with Crippen LogP contribution in [0.5, 0.6) is 0 Å². The molecule has 0 bridgehead atoms. The first kappa shape index (κ1) is 12.7. The molecule has 1 aromatic heterocycles. The van der Waals surface area contributed by atoms with Gasteiger partial charge in [0.1, 0.15) is 5.82 Å². The van der Waals surface area contributed by atoms with E-state index in [1.54, 1.807) is 0 Å². The standard InChI is InChI=1S/C16H17N3O/c1-10-4-5-13(19(2)3)8-14(10)12-6-11-7-15(20)18-16(11)17-9-12/h4-6,8-9H,7H2,1-3H3,(H,17,18,20). The van der Waals surface area contributed by atoms with E-state index in [0.29, 0.717) is 12.2 Å². The van der Waals surface area contributed by atoms with Gasteiger partial charge in [-0.25, -0.2) is 4.98 Å². The first-order chi connectivity index (χ1) is 9.54. The molecule has 1 N–H and O–H groups in total. The molecule has 0 spiro atoms. The van der Waals surface area contributed by atoms with Gasteiger partial charge in [-0.05, 0) is 36.2 Å². The van der Waals surface area contributed by atoms with Crippen LogP contribution in [0.15, 0.2) is 30.5 Å². The van der Waals surface area contributed by atoms with Gasteiger partial charge in [0.2, 0.25) is 5.91 Å². The Hall–Kier alpha value is -2.36. The van der Waals surface area contributed by atoms with Gasteiger partial charge in [-0.1, -0.05) is 6.07 Å². The van der Waals surface area contributed by atoms with Gasteiger partial charge in [0.25, 0.3) is 0 Å². The van der Waals surface area contributed by atoms with Gasteiger partial charge < -0.3 is 10.2 Å². The lowest BCUT2D eigenvalue weighted by atomic mass is 9.99. The SMILES string of the molecule is Cc1ccc(N(C)C)cc1-c1cnc2c(c1)CC(=O)N2. The van der Waals surface area contributed by atoms with E-state index in [1.165, 1.54) is 5.56 Å². The Morgan fingerprint density at radius 1 is 1.25 bits per heavy atom. The Balaban J connectivity index is 2.07. The zero-order chi connectivity index (χ0) is 14.3. The van der Waals surface area contributed by atoms with E-state index < -0.39 is 0 Å². The third-order valence-electron chi connectivity index (χ3n) is 3.62. The first-order valence-electron chi connectivity index (χ1n) is 6.62. The molecule has 0 saturated heterocycles. The van der Waals surface area contributed by atoms with Crippen molar-refractivity contribution in [2.75, 3.05) is 24.3 Å². The van der Waals surface area contributed by atoms with Crippen LogP contribution in [0.25, 0.3) is 11.1 Å². The first-order valence-corrected chi connectivity index (χ1v) is 6.62. The average Bonchev–Trinajstić information content (AvgIpc) is 2.78. The number of carbonyl (C=O) groups excluding carboxylic acids is 1. The molecule has 1 aromatic carbocycles. The van der Waals surface area contributed by atoms with Crippen LogP contribution in [0, 0.1) is 6.92 Å². The second-order valence-corrected chi connectivity index (χ2v) is 5.35. The quantitative estimate of drug-likeness (QED) is 0.909. The average molecular weight is 267 g/mol. The van der Waals surface area contributed by atoms with Crippen molar-refractivity contribution in [1.29, 1.82) is 0 Å². The number of pyridine rings is 1. The zero-order valence-corrected chi connectivity index (χ0v) is 11.9. The summed E-state index contributed by atoms with van der Waals surface area (Å²) in [6, 6.07) is 8.43. The number of aryl methyl sites for hydroxylation is 1. The summed E-state index contributed by atoms with van der Waals surface area (Å²) in [4.78, 5) is 17.8. The highest BCUT2D eigenvalue weighted by Crippen LogP contribution is 2.31. The van der Waals surface area contributed by atoms with Crippen molar-refractivity contribution in [1.82, 2.24) is 4.98 Å². The van der Waals surface area contributed by atoms with Crippen LogP contribution in [0.3, 0.4) is 0 Å². The lowest BCUT2D eigenvalue weighted by Gasteiger charge is -2.15. The minimum atomic E-state index is 0.0171. The fourth-order valence-corrected chi connectivity index (χ4v) is 2.45. The van der Waals surface area contributed by atoms with Crippen molar-refractivity contribution >= 4 is 17.4 Å². The number of nitrogens with zero attached hydrogens (tertiary/aromatic N) is 2. The van der Waals surface area contributed by atoms with Gasteiger partial charge in [-0.3, -0.25) is 4.79 Å². The number of rotatable bonds is 2.